The predicted octanol–water partition coefficient (Wildman–Crippen LogP) is 0.121. The normalized spacial score (nSPS) is 45.2. The molecule has 0 saturated heterocycles. The van der Waals surface area contributed by atoms with E-state index < -0.39 is 6.04 Å². The first-order chi connectivity index (χ1) is 7.72. The molecular formula is C12H20N2O2. The van der Waals surface area contributed by atoms with Gasteiger partial charge in [-0.3, -0.25) is 4.79 Å². The number of ether oxygens (including phenoxy) is 1. The lowest BCUT2D eigenvalue weighted by Crippen LogP contribution is -2.45. The van der Waals surface area contributed by atoms with Gasteiger partial charge in [0.1, 0.15) is 6.04 Å². The van der Waals surface area contributed by atoms with Gasteiger partial charge >= 0.3 is 0 Å². The Morgan fingerprint density at radius 3 is 2.62 bits per heavy atom. The molecule has 0 aromatic carbocycles. The number of methoxy groups -OCH3 is 1. The second-order valence-electron chi connectivity index (χ2n) is 5.58. The zero-order valence-electron chi connectivity index (χ0n) is 9.69. The van der Waals surface area contributed by atoms with Crippen LogP contribution in [0.2, 0.25) is 0 Å². The Balaban J connectivity index is 1.53. The Bertz CT molecular complexity index is 291. The average Bonchev–Trinajstić information content (AvgIpc) is 2.69. The topological polar surface area (TPSA) is 64.3 Å². The van der Waals surface area contributed by atoms with Crippen molar-refractivity contribution < 1.29 is 9.53 Å². The van der Waals surface area contributed by atoms with Crippen LogP contribution in [-0.2, 0) is 9.53 Å². The molecule has 3 rings (SSSR count). The van der Waals surface area contributed by atoms with Gasteiger partial charge in [0.05, 0.1) is 6.61 Å². The van der Waals surface area contributed by atoms with E-state index in [1.807, 2.05) is 0 Å². The first-order valence-corrected chi connectivity index (χ1v) is 6.27. The highest BCUT2D eigenvalue weighted by atomic mass is 16.5. The Morgan fingerprint density at radius 1 is 1.44 bits per heavy atom. The number of carbonyl (C=O) groups excluding carboxylic acids is 1. The molecule has 90 valence electrons. The van der Waals surface area contributed by atoms with Gasteiger partial charge in [0, 0.05) is 13.2 Å². The minimum Gasteiger partial charge on any atom is -0.383 e. The predicted molar refractivity (Wildman–Crippen MR) is 59.6 cm³/mol. The van der Waals surface area contributed by atoms with Crippen molar-refractivity contribution in [2.45, 2.75) is 31.3 Å². The Labute approximate surface area is 95.9 Å². The highest BCUT2D eigenvalue weighted by Crippen LogP contribution is 2.65. The summed E-state index contributed by atoms with van der Waals surface area (Å²) in [6.07, 6.45) is 4.16. The highest BCUT2D eigenvalue weighted by Gasteiger charge is 2.65. The van der Waals surface area contributed by atoms with E-state index in [4.69, 9.17) is 10.5 Å². The van der Waals surface area contributed by atoms with Gasteiger partial charge in [-0.15, -0.1) is 0 Å². The summed E-state index contributed by atoms with van der Waals surface area (Å²) in [5, 5.41) is 3.10. The summed E-state index contributed by atoms with van der Waals surface area (Å²) in [5.74, 6) is 3.29. The summed E-state index contributed by atoms with van der Waals surface area (Å²) in [4.78, 5) is 11.7. The van der Waals surface area contributed by atoms with Gasteiger partial charge in [0.2, 0.25) is 5.91 Å². The summed E-state index contributed by atoms with van der Waals surface area (Å²) in [6, 6.07) is -0.0781. The summed E-state index contributed by atoms with van der Waals surface area (Å²) in [6.45, 7) is 0.306. The molecule has 3 saturated carbocycles. The van der Waals surface area contributed by atoms with Gasteiger partial charge in [0.25, 0.3) is 0 Å². The molecule has 2 bridgehead atoms. The van der Waals surface area contributed by atoms with Gasteiger partial charge in [-0.05, 0) is 42.9 Å². The summed E-state index contributed by atoms with van der Waals surface area (Å²) in [5.41, 5.74) is 5.70. The number of hydrogen-bond acceptors (Lipinski definition) is 3. The van der Waals surface area contributed by atoms with Gasteiger partial charge in [0.15, 0.2) is 0 Å². The SMILES string of the molecule is COCC(N)C(=O)NC1C2C3CCC(C3)C12. The molecule has 3 N–H and O–H groups in total. The largest absolute Gasteiger partial charge is 0.383 e. The monoisotopic (exact) mass is 224 g/mol. The van der Waals surface area contributed by atoms with E-state index in [1.165, 1.54) is 19.3 Å². The fourth-order valence-corrected chi connectivity index (χ4v) is 4.04. The van der Waals surface area contributed by atoms with Crippen LogP contribution in [0, 0.1) is 23.7 Å². The molecule has 3 fully saturated rings. The lowest BCUT2D eigenvalue weighted by molar-refractivity contribution is -0.123. The molecule has 3 aliphatic carbocycles. The average molecular weight is 224 g/mol. The van der Waals surface area contributed by atoms with E-state index in [9.17, 15) is 4.79 Å². The molecule has 0 spiro atoms. The van der Waals surface area contributed by atoms with Crippen molar-refractivity contribution in [1.29, 1.82) is 0 Å². The van der Waals surface area contributed by atoms with E-state index in [0.29, 0.717) is 12.6 Å². The van der Waals surface area contributed by atoms with Crippen molar-refractivity contribution in [3.63, 3.8) is 0 Å². The molecule has 0 radical (unpaired) electrons. The van der Waals surface area contributed by atoms with Gasteiger partial charge < -0.3 is 15.8 Å². The Morgan fingerprint density at radius 2 is 2.06 bits per heavy atom. The van der Waals surface area contributed by atoms with Crippen LogP contribution in [0.15, 0.2) is 0 Å². The van der Waals surface area contributed by atoms with Crippen LogP contribution in [0.4, 0.5) is 0 Å². The van der Waals surface area contributed by atoms with E-state index >= 15 is 0 Å². The summed E-state index contributed by atoms with van der Waals surface area (Å²) < 4.78 is 4.89. The van der Waals surface area contributed by atoms with E-state index in [1.54, 1.807) is 7.11 Å². The zero-order chi connectivity index (χ0) is 11.3. The van der Waals surface area contributed by atoms with Crippen molar-refractivity contribution in [3.05, 3.63) is 0 Å². The number of fused-ring (bicyclic) bond motifs is 5. The summed E-state index contributed by atoms with van der Waals surface area (Å²) >= 11 is 0. The van der Waals surface area contributed by atoms with Gasteiger partial charge in [-0.1, -0.05) is 0 Å². The Hall–Kier alpha value is -0.610. The van der Waals surface area contributed by atoms with Crippen LogP contribution in [-0.4, -0.2) is 31.7 Å². The van der Waals surface area contributed by atoms with Crippen molar-refractivity contribution in [2.24, 2.45) is 29.4 Å². The fourth-order valence-electron chi connectivity index (χ4n) is 4.04. The van der Waals surface area contributed by atoms with Gasteiger partial charge in [-0.2, -0.15) is 0 Å². The lowest BCUT2D eigenvalue weighted by atomic mass is 10.0. The van der Waals surface area contributed by atoms with Crippen LogP contribution in [0.1, 0.15) is 19.3 Å². The van der Waals surface area contributed by atoms with E-state index in [-0.39, 0.29) is 5.91 Å². The number of amides is 1. The number of nitrogens with one attached hydrogen (secondary N) is 1. The Kier molecular flexibility index (Phi) is 2.44. The first-order valence-electron chi connectivity index (χ1n) is 6.27. The van der Waals surface area contributed by atoms with Crippen LogP contribution in [0.5, 0.6) is 0 Å². The highest BCUT2D eigenvalue weighted by molar-refractivity contribution is 5.82. The molecule has 4 heteroatoms. The maximum absolute atomic E-state index is 11.7. The number of hydrogen-bond donors (Lipinski definition) is 2. The smallest absolute Gasteiger partial charge is 0.239 e. The molecular weight excluding hydrogens is 204 g/mol. The third-order valence-electron chi connectivity index (χ3n) is 4.73. The van der Waals surface area contributed by atoms with E-state index in [2.05, 4.69) is 5.32 Å². The van der Waals surface area contributed by atoms with Crippen LogP contribution >= 0.6 is 0 Å². The zero-order valence-corrected chi connectivity index (χ0v) is 9.69. The van der Waals surface area contributed by atoms with Crippen LogP contribution < -0.4 is 11.1 Å². The van der Waals surface area contributed by atoms with Crippen molar-refractivity contribution in [1.82, 2.24) is 5.32 Å². The van der Waals surface area contributed by atoms with Crippen molar-refractivity contribution >= 4 is 5.91 Å². The maximum atomic E-state index is 11.7. The second-order valence-corrected chi connectivity index (χ2v) is 5.58. The maximum Gasteiger partial charge on any atom is 0.239 e. The van der Waals surface area contributed by atoms with Crippen molar-refractivity contribution in [2.75, 3.05) is 13.7 Å². The molecule has 1 amide bonds. The molecule has 4 nitrogen and oxygen atoms in total. The molecule has 5 atom stereocenters. The minimum absolute atomic E-state index is 0.0411. The third-order valence-corrected chi connectivity index (χ3v) is 4.73. The summed E-state index contributed by atoms with van der Waals surface area (Å²) in [7, 11) is 1.57. The molecule has 5 unspecified atom stereocenters. The number of nitrogens with two attached hydrogens (primary N) is 1. The van der Waals surface area contributed by atoms with E-state index in [0.717, 1.165) is 23.7 Å². The van der Waals surface area contributed by atoms with Crippen LogP contribution in [0.3, 0.4) is 0 Å². The number of carbonyl (C=O) groups is 1. The lowest BCUT2D eigenvalue weighted by Gasteiger charge is -2.14. The third kappa shape index (κ3) is 1.47. The van der Waals surface area contributed by atoms with Crippen LogP contribution in [0.25, 0.3) is 0 Å². The first kappa shape index (κ1) is 10.5. The fraction of sp³-hybridized carbons (Fsp3) is 0.917. The quantitative estimate of drug-likeness (QED) is 0.713. The van der Waals surface area contributed by atoms with Crippen molar-refractivity contribution in [3.8, 4) is 0 Å². The second kappa shape index (κ2) is 3.70. The molecule has 16 heavy (non-hydrogen) atoms. The van der Waals surface area contributed by atoms with Gasteiger partial charge in [-0.25, -0.2) is 0 Å². The molecule has 0 heterocycles. The molecule has 0 aromatic rings. The standard InChI is InChI=1S/C12H20N2O2/c1-16-5-8(13)12(15)14-11-9-6-2-3-7(4-6)10(9)11/h6-11H,2-5,13H2,1H3,(H,14,15). The molecule has 0 aliphatic heterocycles. The minimum atomic E-state index is -0.510. The molecule has 0 aromatic heterocycles. The number of rotatable bonds is 4. The molecule has 3 aliphatic rings.